The van der Waals surface area contributed by atoms with Gasteiger partial charge in [0.1, 0.15) is 11.5 Å². The molecule has 13 rings (SSSR count). The summed E-state index contributed by atoms with van der Waals surface area (Å²) in [6, 6.07) is 42.0. The van der Waals surface area contributed by atoms with E-state index in [2.05, 4.69) is 138 Å². The smallest absolute Gasteiger partial charge is 0.407 e. The number of fused-ring (bicyclic) bond motifs is 9. The van der Waals surface area contributed by atoms with Crippen LogP contribution in [-0.2, 0) is 35.8 Å². The zero-order valence-electron chi connectivity index (χ0n) is 62.7. The Balaban J connectivity index is -0.000000510. The van der Waals surface area contributed by atoms with E-state index in [1.165, 1.54) is 73.8 Å². The van der Waals surface area contributed by atoms with Crippen LogP contribution in [0.5, 0.6) is 11.5 Å². The van der Waals surface area contributed by atoms with Crippen molar-refractivity contribution in [2.24, 2.45) is 21.8 Å². The number of hydrogen-bond acceptors (Lipinski definition) is 5. The van der Waals surface area contributed by atoms with Gasteiger partial charge in [-0.3, -0.25) is 9.98 Å². The van der Waals surface area contributed by atoms with Gasteiger partial charge in [0.05, 0.1) is 24.1 Å². The number of hydrogen-bond donors (Lipinski definition) is 1. The lowest BCUT2D eigenvalue weighted by Gasteiger charge is -2.28. The first-order chi connectivity index (χ1) is 45.0. The summed E-state index contributed by atoms with van der Waals surface area (Å²) in [6.07, 6.45) is 30.1. The van der Waals surface area contributed by atoms with Crippen molar-refractivity contribution in [3.63, 3.8) is 0 Å². The fraction of sp³-hybridized carbons (Fsp3) is 0.477. The number of nitrogens with zero attached hydrogens (tertiary/aromatic N) is 2. The fourth-order valence-electron chi connectivity index (χ4n) is 11.2. The standard InChI is InChI=1S/C18H16N2.C17H16.C16H15NO3.C10H12.12C2H6.CH4/c1-12(15-10-19-17-8-4-2-6-13(15)17)16-11-20-18-9-5-3-7-14(16)18;1-3-7-15-13(5-1)9-11-17(15)12-10-14-6-2-4-8-16(14)17;1-2-19-16(18)17-15-11-7-3-5-9-13(11)20-14-10-6-4-8-12(14)15;1-2-6-10-8-4-3-7-9(10)5-1;12*1-2;/h2-8,10-13H,9H2,1H3;1-8H,9-12H2;3-10,15H,2H2,1H3,(H,17,18);1-2,5-6H,3-4,7-8H2;12*1-2H3;1H4. The van der Waals surface area contributed by atoms with Crippen LogP contribution >= 0.6 is 0 Å². The Morgan fingerprint density at radius 1 is 0.543 bits per heavy atom. The first-order valence-corrected chi connectivity index (χ1v) is 36.3. The van der Waals surface area contributed by atoms with E-state index in [0.29, 0.717) is 23.9 Å². The molecule has 1 N–H and O–H groups in total. The molecule has 6 nitrogen and oxygen atoms in total. The molecule has 2 atom stereocenters. The number of carbonyl (C=O) groups is 1. The molecule has 0 aromatic heterocycles. The van der Waals surface area contributed by atoms with Gasteiger partial charge < -0.3 is 14.8 Å². The number of carbonyl (C=O) groups excluding carboxylic acids is 1. The van der Waals surface area contributed by atoms with Crippen LogP contribution in [0, 0.1) is 11.8 Å². The van der Waals surface area contributed by atoms with Gasteiger partial charge in [-0.2, -0.15) is 0 Å². The minimum Gasteiger partial charge on any atom is -0.457 e. The van der Waals surface area contributed by atoms with Gasteiger partial charge in [-0.1, -0.05) is 326 Å². The van der Waals surface area contributed by atoms with Gasteiger partial charge in [-0.15, -0.1) is 0 Å². The predicted molar refractivity (Wildman–Crippen MR) is 415 cm³/mol. The lowest BCUT2D eigenvalue weighted by atomic mass is 9.77. The molecule has 8 aliphatic rings. The molecule has 1 amide bonds. The van der Waals surface area contributed by atoms with Crippen molar-refractivity contribution in [1.29, 1.82) is 0 Å². The predicted octanol–water partition coefficient (Wildman–Crippen LogP) is 26.9. The van der Waals surface area contributed by atoms with Crippen LogP contribution in [0.1, 0.15) is 270 Å². The molecule has 0 fully saturated rings. The number of amides is 1. The van der Waals surface area contributed by atoms with Gasteiger partial charge in [0, 0.05) is 52.8 Å². The van der Waals surface area contributed by atoms with Gasteiger partial charge in [-0.25, -0.2) is 4.79 Å². The van der Waals surface area contributed by atoms with Crippen LogP contribution in [0.4, 0.5) is 4.79 Å². The highest BCUT2D eigenvalue weighted by Crippen LogP contribution is 2.52. The number of para-hydroxylation sites is 2. The van der Waals surface area contributed by atoms with Crippen molar-refractivity contribution in [3.05, 3.63) is 237 Å². The van der Waals surface area contributed by atoms with Crippen molar-refractivity contribution in [3.8, 4) is 11.5 Å². The summed E-state index contributed by atoms with van der Waals surface area (Å²) < 4.78 is 10.8. The Morgan fingerprint density at radius 3 is 1.45 bits per heavy atom. The van der Waals surface area contributed by atoms with Gasteiger partial charge in [0.25, 0.3) is 0 Å². The highest BCUT2D eigenvalue weighted by Gasteiger charge is 2.44. The maximum Gasteiger partial charge on any atom is 0.407 e. The zero-order valence-corrected chi connectivity index (χ0v) is 62.7. The second-order valence-corrected chi connectivity index (χ2v) is 18.3. The maximum atomic E-state index is 11.8. The quantitative estimate of drug-likeness (QED) is 0.195. The Labute approximate surface area is 568 Å². The highest BCUT2D eigenvalue weighted by molar-refractivity contribution is 6.09. The van der Waals surface area contributed by atoms with Crippen LogP contribution in [0.2, 0.25) is 0 Å². The summed E-state index contributed by atoms with van der Waals surface area (Å²) >= 11 is 0. The van der Waals surface area contributed by atoms with Crippen molar-refractivity contribution in [1.82, 2.24) is 5.32 Å². The van der Waals surface area contributed by atoms with E-state index in [-0.39, 0.29) is 13.5 Å². The summed E-state index contributed by atoms with van der Waals surface area (Å²) in [5.41, 5.74) is 18.1. The van der Waals surface area contributed by atoms with Crippen LogP contribution in [-0.4, -0.2) is 24.1 Å². The molecule has 0 saturated heterocycles. The summed E-state index contributed by atoms with van der Waals surface area (Å²) in [4.78, 5) is 20.9. The first-order valence-electron chi connectivity index (χ1n) is 36.3. The number of aliphatic imine (C=N–C) groups is 2. The van der Waals surface area contributed by atoms with Crippen LogP contribution in [0.25, 0.3) is 0 Å². The summed E-state index contributed by atoms with van der Waals surface area (Å²) in [6.45, 7) is 52.4. The van der Waals surface area contributed by atoms with Gasteiger partial charge in [-0.05, 0) is 121 Å². The topological polar surface area (TPSA) is 72.3 Å². The molecule has 3 heterocycles. The average molecular weight is 1260 g/mol. The molecule has 0 saturated carbocycles. The Bertz CT molecular complexity index is 2800. The first kappa shape index (κ1) is 91.4. The largest absolute Gasteiger partial charge is 0.457 e. The van der Waals surface area contributed by atoms with Crippen molar-refractivity contribution >= 4 is 17.5 Å². The fourth-order valence-corrected chi connectivity index (χ4v) is 11.2. The van der Waals surface area contributed by atoms with Crippen molar-refractivity contribution in [2.45, 2.75) is 257 Å². The van der Waals surface area contributed by atoms with E-state index in [0.717, 1.165) is 34.8 Å². The molecule has 0 bridgehead atoms. The third-order valence-corrected chi connectivity index (χ3v) is 14.6. The molecular weight excluding hydrogens is 1120 g/mol. The second-order valence-electron chi connectivity index (χ2n) is 18.3. The van der Waals surface area contributed by atoms with E-state index >= 15 is 0 Å². The van der Waals surface area contributed by atoms with E-state index in [1.807, 2.05) is 227 Å². The van der Waals surface area contributed by atoms with Crippen molar-refractivity contribution in [2.75, 3.05) is 6.61 Å². The molecule has 512 valence electrons. The van der Waals surface area contributed by atoms with Crippen LogP contribution in [0.15, 0.2) is 203 Å². The monoisotopic (exact) mass is 1260 g/mol. The van der Waals surface area contributed by atoms with E-state index in [1.54, 1.807) is 40.3 Å². The van der Waals surface area contributed by atoms with Crippen LogP contribution in [0.3, 0.4) is 0 Å². The lowest BCUT2D eigenvalue weighted by molar-refractivity contribution is 0.149. The molecule has 2 unspecified atom stereocenters. The molecule has 1 spiro atoms. The van der Waals surface area contributed by atoms with Gasteiger partial charge in [0.2, 0.25) is 0 Å². The Kier molecular flexibility index (Phi) is 57.4. The minimum atomic E-state index is -0.427. The normalized spacial score (nSPS) is 14.8. The van der Waals surface area contributed by atoms with E-state index < -0.39 is 6.09 Å². The zero-order chi connectivity index (χ0) is 69.6. The van der Waals surface area contributed by atoms with Gasteiger partial charge in [0.15, 0.2) is 0 Å². The molecule has 5 aromatic carbocycles. The minimum absolute atomic E-state index is 0. The molecule has 5 aromatic rings. The third kappa shape index (κ3) is 26.2. The summed E-state index contributed by atoms with van der Waals surface area (Å²) in [5, 5.41) is 2.89. The summed E-state index contributed by atoms with van der Waals surface area (Å²) in [5.74, 6) is 2.22. The Hall–Kier alpha value is -7.05. The number of aryl methyl sites for hydroxylation is 4. The average Bonchev–Trinajstić information content (AvgIpc) is 1.57. The van der Waals surface area contributed by atoms with Crippen LogP contribution < -0.4 is 10.1 Å². The maximum absolute atomic E-state index is 11.8. The summed E-state index contributed by atoms with van der Waals surface area (Å²) in [7, 11) is 0. The number of nitrogens with one attached hydrogen (secondary N) is 1. The van der Waals surface area contributed by atoms with Crippen molar-refractivity contribution < 1.29 is 14.3 Å². The number of ether oxygens (including phenoxy) is 2. The SMILES string of the molecule is C.CC.CC.CC.CC.CC.CC.CC.CC.CC.CC.CC.CC.CC(C1=CN=C2CC=CC=C12)C1=CN=C2C=CC=CC12.CCOC(=O)NC1c2ccccc2Oc2ccccc21.c1ccc2c(c1)CCC21CCc2ccccc21.c1ccc2c(c1)CCCC2. The number of alkyl carbamates (subject to hydrolysis) is 1. The molecule has 6 heteroatoms. The van der Waals surface area contributed by atoms with E-state index in [4.69, 9.17) is 9.47 Å². The number of benzene rings is 5. The lowest BCUT2D eigenvalue weighted by Crippen LogP contribution is -2.31. The molecule has 0 radical (unpaired) electrons. The third-order valence-electron chi connectivity index (χ3n) is 14.6. The highest BCUT2D eigenvalue weighted by atomic mass is 16.5. The van der Waals surface area contributed by atoms with Gasteiger partial charge >= 0.3 is 6.09 Å². The molecule has 92 heavy (non-hydrogen) atoms. The number of rotatable bonds is 4. The molecule has 3 aliphatic heterocycles. The second kappa shape index (κ2) is 57.8. The molecular formula is C86H135N3O3. The number of allylic oxidation sites excluding steroid dienone is 10. The molecule has 5 aliphatic carbocycles. The van der Waals surface area contributed by atoms with E-state index in [9.17, 15) is 4.79 Å². The Morgan fingerprint density at radius 2 is 0.978 bits per heavy atom.